The maximum absolute atomic E-state index is 14.7. The van der Waals surface area contributed by atoms with E-state index in [9.17, 15) is 24.6 Å². The van der Waals surface area contributed by atoms with Crippen LogP contribution in [-0.2, 0) is 32.9 Å². The second kappa shape index (κ2) is 15.1. The predicted octanol–water partition coefficient (Wildman–Crippen LogP) is 4.77. The molecular formula is C39H51N3O8Si. The topological polar surface area (TPSA) is 141 Å². The lowest BCUT2D eigenvalue weighted by Gasteiger charge is -2.35. The van der Waals surface area contributed by atoms with Crippen molar-refractivity contribution in [2.45, 2.75) is 82.5 Å². The molecule has 0 aliphatic carbocycles. The largest absolute Gasteiger partial charge is 0.497 e. The summed E-state index contributed by atoms with van der Waals surface area (Å²) in [7, 11) is -1.23. The number of hydrogen-bond acceptors (Lipinski definition) is 9. The van der Waals surface area contributed by atoms with Crippen molar-refractivity contribution in [1.82, 2.24) is 5.32 Å². The van der Waals surface area contributed by atoms with Crippen LogP contribution in [0.5, 0.6) is 11.5 Å². The number of ether oxygens (including phenoxy) is 3. The minimum atomic E-state index is -2.82. The third kappa shape index (κ3) is 6.81. The molecule has 0 saturated carbocycles. The number of benzene rings is 3. The molecule has 3 aromatic rings. The molecular weight excluding hydrogens is 667 g/mol. The first-order valence-electron chi connectivity index (χ1n) is 18.0. The van der Waals surface area contributed by atoms with E-state index in [0.717, 1.165) is 34.7 Å². The number of carbonyl (C=O) groups is 2. The van der Waals surface area contributed by atoms with Gasteiger partial charge in [0.05, 0.1) is 43.8 Å². The van der Waals surface area contributed by atoms with Crippen LogP contribution in [-0.4, -0.2) is 80.8 Å². The van der Waals surface area contributed by atoms with Crippen molar-refractivity contribution in [3.63, 3.8) is 0 Å². The summed E-state index contributed by atoms with van der Waals surface area (Å²) in [5, 5.41) is 22.5. The lowest BCUT2D eigenvalue weighted by molar-refractivity contribution is -0.146. The molecule has 3 aliphatic rings. The number of anilines is 3. The van der Waals surface area contributed by atoms with Crippen molar-refractivity contribution in [3.8, 4) is 11.5 Å². The zero-order valence-electron chi connectivity index (χ0n) is 30.2. The molecule has 3 heterocycles. The molecule has 274 valence electrons. The summed E-state index contributed by atoms with van der Waals surface area (Å²) in [5.74, 6) is 0.756. The van der Waals surface area contributed by atoms with Gasteiger partial charge in [0.1, 0.15) is 11.5 Å². The fraction of sp³-hybridized carbons (Fsp3) is 0.487. The number of amides is 2. The van der Waals surface area contributed by atoms with Gasteiger partial charge in [-0.2, -0.15) is 0 Å². The average Bonchev–Trinajstić information content (AvgIpc) is 3.53. The third-order valence-electron chi connectivity index (χ3n) is 10.7. The summed E-state index contributed by atoms with van der Waals surface area (Å²) in [6.45, 7) is 9.08. The highest BCUT2D eigenvalue weighted by atomic mass is 28.4. The van der Waals surface area contributed by atoms with E-state index in [-0.39, 0.29) is 43.0 Å². The maximum atomic E-state index is 14.7. The molecule has 0 bridgehead atoms. The summed E-state index contributed by atoms with van der Waals surface area (Å²) >= 11 is 0. The molecule has 1 unspecified atom stereocenters. The van der Waals surface area contributed by atoms with Crippen LogP contribution in [0.3, 0.4) is 0 Å². The molecule has 1 spiro atoms. The highest BCUT2D eigenvalue weighted by Crippen LogP contribution is 2.60. The molecule has 1 saturated heterocycles. The summed E-state index contributed by atoms with van der Waals surface area (Å²) in [4.78, 5) is 43.5. The number of aliphatic hydroxyl groups excluding tert-OH is 2. The third-order valence-corrected chi connectivity index (χ3v) is 13.2. The van der Waals surface area contributed by atoms with Crippen molar-refractivity contribution in [1.29, 1.82) is 0 Å². The van der Waals surface area contributed by atoms with Crippen molar-refractivity contribution in [2.24, 2.45) is 5.92 Å². The van der Waals surface area contributed by atoms with Gasteiger partial charge in [-0.15, -0.1) is 0 Å². The smallest absolute Gasteiger partial charge is 0.264 e. The summed E-state index contributed by atoms with van der Waals surface area (Å²) in [6, 6.07) is 18.7. The van der Waals surface area contributed by atoms with Crippen LogP contribution in [0.4, 0.5) is 17.1 Å². The van der Waals surface area contributed by atoms with Crippen LogP contribution in [0, 0.1) is 5.92 Å². The molecule has 0 aromatic heterocycles. The van der Waals surface area contributed by atoms with Gasteiger partial charge in [-0.3, -0.25) is 14.5 Å². The summed E-state index contributed by atoms with van der Waals surface area (Å²) < 4.78 is 18.1. The second-order valence-corrected chi connectivity index (χ2v) is 18.3. The molecule has 3 aliphatic heterocycles. The Kier molecular flexibility index (Phi) is 10.9. The SMILES string of the molecule is CCOc1ccc2c(c1)CC(NCCCCO)C(=O)N2c1ccc(CN2C(=O)[C@@]3(O[C@@H](CCO)[C@H]([Si](C)(C)O)[C@H]3C)c3cc(OC)ccc32)cc1. The summed E-state index contributed by atoms with van der Waals surface area (Å²) in [6.07, 6.45) is 1.81. The van der Waals surface area contributed by atoms with E-state index in [1.54, 1.807) is 16.9 Å². The normalized spacial score (nSPS) is 24.3. The molecule has 2 amide bonds. The minimum absolute atomic E-state index is 0.0577. The molecule has 0 radical (unpaired) electrons. The van der Waals surface area contributed by atoms with Crippen LogP contribution in [0.25, 0.3) is 0 Å². The Hall–Kier alpha value is -3.78. The van der Waals surface area contributed by atoms with Gasteiger partial charge in [0.2, 0.25) is 5.91 Å². The molecule has 51 heavy (non-hydrogen) atoms. The molecule has 1 fully saturated rings. The number of methoxy groups -OCH3 is 1. The van der Waals surface area contributed by atoms with Crippen LogP contribution in [0.15, 0.2) is 60.7 Å². The fourth-order valence-electron chi connectivity index (χ4n) is 8.39. The quantitative estimate of drug-likeness (QED) is 0.137. The first-order valence-corrected chi connectivity index (χ1v) is 21.0. The highest BCUT2D eigenvalue weighted by molar-refractivity contribution is 6.71. The number of fused-ring (bicyclic) bond motifs is 3. The molecule has 11 nitrogen and oxygen atoms in total. The lowest BCUT2D eigenvalue weighted by Crippen LogP contribution is -2.49. The molecule has 4 N–H and O–H groups in total. The van der Waals surface area contributed by atoms with E-state index in [1.807, 2.05) is 87.6 Å². The van der Waals surface area contributed by atoms with E-state index in [0.29, 0.717) is 49.4 Å². The van der Waals surface area contributed by atoms with Gasteiger partial charge < -0.3 is 39.4 Å². The Bertz CT molecular complexity index is 1730. The van der Waals surface area contributed by atoms with Gasteiger partial charge in [-0.05, 0) is 112 Å². The second-order valence-electron chi connectivity index (χ2n) is 14.4. The monoisotopic (exact) mass is 717 g/mol. The number of nitrogens with one attached hydrogen (secondary N) is 1. The predicted molar refractivity (Wildman–Crippen MR) is 198 cm³/mol. The Morgan fingerprint density at radius 1 is 0.980 bits per heavy atom. The first kappa shape index (κ1) is 37.0. The fourth-order valence-corrected chi connectivity index (χ4v) is 11.0. The van der Waals surface area contributed by atoms with E-state index in [4.69, 9.17) is 14.2 Å². The van der Waals surface area contributed by atoms with Gasteiger partial charge >= 0.3 is 0 Å². The average molecular weight is 718 g/mol. The Balaban J connectivity index is 1.31. The Labute approximate surface area is 301 Å². The molecule has 6 rings (SSSR count). The zero-order chi connectivity index (χ0) is 36.5. The van der Waals surface area contributed by atoms with E-state index >= 15 is 0 Å². The van der Waals surface area contributed by atoms with Crippen LogP contribution in [0.1, 0.15) is 49.8 Å². The molecule has 12 heteroatoms. The van der Waals surface area contributed by atoms with Crippen molar-refractivity contribution < 1.29 is 38.8 Å². The minimum Gasteiger partial charge on any atom is -0.497 e. The standard InChI is InChI=1S/C39H51N3O8Si/c1-6-49-30-14-15-33-27(21-30)22-32(40-18-7-8-19-43)37(45)42(33)28-11-9-26(10-12-28)24-41-34-16-13-29(48-3)23-31(34)39(38(41)46)25(2)36(51(4,5)47)35(50-39)17-20-44/h9-16,21,23,25,32,35-36,40,43-44,47H,6-8,17-20,22,24H2,1-5H3/t25-,32?,35+,36-,39+/m1/s1. The van der Waals surface area contributed by atoms with Crippen molar-refractivity contribution >= 4 is 37.2 Å². The molecule has 3 aromatic carbocycles. The number of aliphatic hydroxyl groups is 2. The van der Waals surface area contributed by atoms with Gasteiger partial charge in [0.25, 0.3) is 5.91 Å². The Morgan fingerprint density at radius 2 is 1.71 bits per heavy atom. The molecule has 5 atom stereocenters. The summed E-state index contributed by atoms with van der Waals surface area (Å²) in [5.41, 5.74) is 3.22. The van der Waals surface area contributed by atoms with Gasteiger partial charge in [0, 0.05) is 35.9 Å². The first-order chi connectivity index (χ1) is 24.5. The highest BCUT2D eigenvalue weighted by Gasteiger charge is 2.66. The van der Waals surface area contributed by atoms with E-state index in [1.165, 1.54) is 0 Å². The van der Waals surface area contributed by atoms with E-state index < -0.39 is 26.1 Å². The number of hydrogen-bond donors (Lipinski definition) is 4. The van der Waals surface area contributed by atoms with Crippen LogP contribution < -0.4 is 24.6 Å². The zero-order valence-corrected chi connectivity index (χ0v) is 31.2. The lowest BCUT2D eigenvalue weighted by atomic mass is 9.82. The van der Waals surface area contributed by atoms with Gasteiger partial charge in [-0.1, -0.05) is 19.1 Å². The Morgan fingerprint density at radius 3 is 2.37 bits per heavy atom. The number of nitrogens with zero attached hydrogens (tertiary/aromatic N) is 2. The number of unbranched alkanes of at least 4 members (excludes halogenated alkanes) is 1. The number of rotatable bonds is 14. The van der Waals surface area contributed by atoms with E-state index in [2.05, 4.69) is 5.32 Å². The van der Waals surface area contributed by atoms with Crippen LogP contribution >= 0.6 is 0 Å². The van der Waals surface area contributed by atoms with Crippen molar-refractivity contribution in [2.75, 3.05) is 43.3 Å². The number of carbonyl (C=O) groups excluding carboxylic acids is 2. The van der Waals surface area contributed by atoms with Gasteiger partial charge in [0.15, 0.2) is 13.9 Å². The van der Waals surface area contributed by atoms with Crippen LogP contribution in [0.2, 0.25) is 18.6 Å². The maximum Gasteiger partial charge on any atom is 0.264 e. The van der Waals surface area contributed by atoms with Crippen molar-refractivity contribution in [3.05, 3.63) is 77.4 Å². The van der Waals surface area contributed by atoms with Gasteiger partial charge in [-0.25, -0.2) is 0 Å².